The minimum Gasteiger partial charge on any atom is -0.496 e. The van der Waals surface area contributed by atoms with Gasteiger partial charge in [-0.3, -0.25) is 9.69 Å². The first-order valence-corrected chi connectivity index (χ1v) is 12.1. The molecule has 4 aromatic rings. The van der Waals surface area contributed by atoms with Crippen LogP contribution in [-0.2, 0) is 11.3 Å². The van der Waals surface area contributed by atoms with Crippen LogP contribution >= 0.6 is 0 Å². The SMILES string of the molecule is COc1ccc(-c2ccc(CN(C(=O)CC3CC3)c3nccc4cc(C(=O)O)ccc34)cc2)cc1C. The van der Waals surface area contributed by atoms with Crippen LogP contribution in [0.5, 0.6) is 5.75 Å². The van der Waals surface area contributed by atoms with Crippen LogP contribution in [-0.4, -0.2) is 29.1 Å². The average molecular weight is 481 g/mol. The number of anilines is 1. The Balaban J connectivity index is 1.46. The van der Waals surface area contributed by atoms with Crippen LogP contribution in [0.15, 0.2) is 72.9 Å². The summed E-state index contributed by atoms with van der Waals surface area (Å²) in [4.78, 5) is 31.1. The van der Waals surface area contributed by atoms with Crippen LogP contribution in [0.1, 0.15) is 40.7 Å². The minimum absolute atomic E-state index is 0.0367. The van der Waals surface area contributed by atoms with Crippen LogP contribution in [0.3, 0.4) is 0 Å². The second-order valence-corrected chi connectivity index (χ2v) is 9.38. The first-order valence-electron chi connectivity index (χ1n) is 12.1. The minimum atomic E-state index is -0.982. The van der Waals surface area contributed by atoms with E-state index in [4.69, 9.17) is 4.74 Å². The van der Waals surface area contributed by atoms with Crippen molar-refractivity contribution in [3.8, 4) is 16.9 Å². The molecular weight excluding hydrogens is 452 g/mol. The van der Waals surface area contributed by atoms with Gasteiger partial charge in [-0.05, 0) is 89.7 Å². The summed E-state index contributed by atoms with van der Waals surface area (Å²) in [5.74, 6) is 0.913. The number of amides is 1. The lowest BCUT2D eigenvalue weighted by Gasteiger charge is -2.24. The number of carboxylic acid groups (broad SMARTS) is 1. The molecule has 6 nitrogen and oxygen atoms in total. The van der Waals surface area contributed by atoms with Gasteiger partial charge in [0.1, 0.15) is 11.6 Å². The Labute approximate surface area is 210 Å². The first-order chi connectivity index (χ1) is 17.4. The summed E-state index contributed by atoms with van der Waals surface area (Å²) in [6.07, 6.45) is 4.30. The Hall–Kier alpha value is -4.19. The number of ether oxygens (including phenoxy) is 1. The number of carbonyl (C=O) groups is 2. The van der Waals surface area contributed by atoms with Crippen LogP contribution in [0.4, 0.5) is 5.82 Å². The molecule has 0 bridgehead atoms. The summed E-state index contributed by atoms with van der Waals surface area (Å²) in [5.41, 5.74) is 4.47. The second kappa shape index (κ2) is 9.82. The van der Waals surface area contributed by atoms with E-state index in [2.05, 4.69) is 23.2 Å². The van der Waals surface area contributed by atoms with Gasteiger partial charge in [0.15, 0.2) is 0 Å². The summed E-state index contributed by atoms with van der Waals surface area (Å²) in [6.45, 7) is 2.41. The predicted molar refractivity (Wildman–Crippen MR) is 140 cm³/mol. The molecule has 0 radical (unpaired) electrons. The molecule has 36 heavy (non-hydrogen) atoms. The normalized spacial score (nSPS) is 12.9. The lowest BCUT2D eigenvalue weighted by Crippen LogP contribution is -2.31. The Morgan fingerprint density at radius 1 is 1.00 bits per heavy atom. The number of fused-ring (bicyclic) bond motifs is 1. The molecule has 0 atom stereocenters. The topological polar surface area (TPSA) is 79.7 Å². The highest BCUT2D eigenvalue weighted by Gasteiger charge is 2.29. The van der Waals surface area contributed by atoms with Crippen LogP contribution < -0.4 is 9.64 Å². The Morgan fingerprint density at radius 2 is 1.75 bits per heavy atom. The van der Waals surface area contributed by atoms with Gasteiger partial charge in [-0.15, -0.1) is 0 Å². The van der Waals surface area contributed by atoms with Crippen LogP contribution in [0.25, 0.3) is 21.9 Å². The number of hydrogen-bond acceptors (Lipinski definition) is 4. The van der Waals surface area contributed by atoms with E-state index in [0.29, 0.717) is 24.7 Å². The number of aromatic nitrogens is 1. The molecule has 1 aliphatic carbocycles. The van der Waals surface area contributed by atoms with Gasteiger partial charge in [0, 0.05) is 18.0 Å². The Bertz CT molecular complexity index is 1440. The zero-order chi connectivity index (χ0) is 25.2. The summed E-state index contributed by atoms with van der Waals surface area (Å²) >= 11 is 0. The summed E-state index contributed by atoms with van der Waals surface area (Å²) in [5, 5.41) is 10.9. The number of carboxylic acids is 1. The van der Waals surface area contributed by atoms with Crippen LogP contribution in [0.2, 0.25) is 0 Å². The zero-order valence-corrected chi connectivity index (χ0v) is 20.4. The van der Waals surface area contributed by atoms with E-state index in [1.165, 1.54) is 0 Å². The molecule has 6 heteroatoms. The highest BCUT2D eigenvalue weighted by Crippen LogP contribution is 2.35. The number of benzene rings is 3. The van der Waals surface area contributed by atoms with Gasteiger partial charge in [0.2, 0.25) is 5.91 Å². The van der Waals surface area contributed by atoms with E-state index in [0.717, 1.165) is 51.6 Å². The number of carbonyl (C=O) groups excluding carboxylic acids is 1. The van der Waals surface area contributed by atoms with Crippen molar-refractivity contribution in [3.05, 3.63) is 89.6 Å². The summed E-state index contributed by atoms with van der Waals surface area (Å²) < 4.78 is 5.37. The van der Waals surface area contributed by atoms with Gasteiger partial charge in [-0.25, -0.2) is 9.78 Å². The quantitative estimate of drug-likeness (QED) is 0.322. The molecule has 1 heterocycles. The number of methoxy groups -OCH3 is 1. The van der Waals surface area contributed by atoms with Gasteiger partial charge >= 0.3 is 5.97 Å². The molecule has 0 saturated heterocycles. The third kappa shape index (κ3) is 4.93. The molecule has 1 N–H and O–H groups in total. The standard InChI is InChI=1S/C30H28N2O4/c1-19-15-23(10-12-27(19)36-2)22-7-5-21(6-8-22)18-32(28(33)16-20-3-4-20)29-26-11-9-25(30(34)35)17-24(26)13-14-31-29/h5-15,17,20H,3-4,16,18H2,1-2H3,(H,34,35). The second-order valence-electron chi connectivity index (χ2n) is 9.38. The maximum atomic E-state index is 13.4. The molecule has 0 spiro atoms. The fourth-order valence-electron chi connectivity index (χ4n) is 4.51. The maximum Gasteiger partial charge on any atom is 0.335 e. The van der Waals surface area contributed by atoms with Crippen molar-refractivity contribution < 1.29 is 19.4 Å². The van der Waals surface area contributed by atoms with Crippen molar-refractivity contribution in [3.63, 3.8) is 0 Å². The maximum absolute atomic E-state index is 13.4. The molecule has 1 saturated carbocycles. The van der Waals surface area contributed by atoms with E-state index in [-0.39, 0.29) is 11.5 Å². The zero-order valence-electron chi connectivity index (χ0n) is 20.4. The highest BCUT2D eigenvalue weighted by molar-refractivity contribution is 6.04. The highest BCUT2D eigenvalue weighted by atomic mass is 16.5. The van der Waals surface area contributed by atoms with E-state index in [9.17, 15) is 14.7 Å². The Kier molecular flexibility index (Phi) is 6.42. The van der Waals surface area contributed by atoms with E-state index in [1.54, 1.807) is 42.5 Å². The number of hydrogen-bond donors (Lipinski definition) is 1. The van der Waals surface area contributed by atoms with Gasteiger partial charge < -0.3 is 9.84 Å². The van der Waals surface area contributed by atoms with Gasteiger partial charge in [0.25, 0.3) is 0 Å². The van der Waals surface area contributed by atoms with Crippen molar-refractivity contribution in [2.24, 2.45) is 5.92 Å². The number of aromatic carboxylic acids is 1. The molecule has 0 unspecified atom stereocenters. The van der Waals surface area contributed by atoms with Crippen molar-refractivity contribution in [2.45, 2.75) is 32.7 Å². The third-order valence-corrected chi connectivity index (χ3v) is 6.73. The lowest BCUT2D eigenvalue weighted by molar-refractivity contribution is -0.119. The molecule has 1 amide bonds. The van der Waals surface area contributed by atoms with E-state index >= 15 is 0 Å². The van der Waals surface area contributed by atoms with Gasteiger partial charge in [-0.2, -0.15) is 0 Å². The average Bonchev–Trinajstić information content (AvgIpc) is 3.71. The number of pyridine rings is 1. The first kappa shape index (κ1) is 23.5. The van der Waals surface area contributed by atoms with Crippen molar-refractivity contribution in [1.29, 1.82) is 0 Å². The van der Waals surface area contributed by atoms with E-state index < -0.39 is 5.97 Å². The van der Waals surface area contributed by atoms with Gasteiger partial charge in [-0.1, -0.05) is 30.3 Å². The fourth-order valence-corrected chi connectivity index (χ4v) is 4.51. The molecular formula is C30H28N2O4. The monoisotopic (exact) mass is 480 g/mol. The lowest BCUT2D eigenvalue weighted by atomic mass is 10.0. The fraction of sp³-hybridized carbons (Fsp3) is 0.233. The smallest absolute Gasteiger partial charge is 0.335 e. The third-order valence-electron chi connectivity index (χ3n) is 6.73. The van der Waals surface area contributed by atoms with Crippen molar-refractivity contribution in [2.75, 3.05) is 12.0 Å². The summed E-state index contributed by atoms with van der Waals surface area (Å²) in [6, 6.07) is 21.0. The molecule has 182 valence electrons. The number of aryl methyl sites for hydroxylation is 1. The largest absolute Gasteiger partial charge is 0.496 e. The summed E-state index contributed by atoms with van der Waals surface area (Å²) in [7, 11) is 1.67. The molecule has 3 aromatic carbocycles. The molecule has 1 aromatic heterocycles. The predicted octanol–water partition coefficient (Wildman–Crippen LogP) is 6.25. The molecule has 5 rings (SSSR count). The van der Waals surface area contributed by atoms with Crippen molar-refractivity contribution in [1.82, 2.24) is 4.98 Å². The number of nitrogens with zero attached hydrogens (tertiary/aromatic N) is 2. The molecule has 1 fully saturated rings. The molecule has 0 aliphatic heterocycles. The Morgan fingerprint density at radius 3 is 2.42 bits per heavy atom. The number of rotatable bonds is 8. The molecule has 1 aliphatic rings. The van der Waals surface area contributed by atoms with E-state index in [1.807, 2.05) is 31.2 Å². The van der Waals surface area contributed by atoms with Crippen LogP contribution in [0, 0.1) is 12.8 Å². The van der Waals surface area contributed by atoms with Crippen molar-refractivity contribution >= 4 is 28.5 Å². The van der Waals surface area contributed by atoms with Gasteiger partial charge in [0.05, 0.1) is 19.2 Å².